The minimum absolute atomic E-state index is 0.0759. The van der Waals surface area contributed by atoms with E-state index in [0.717, 1.165) is 23.2 Å². The van der Waals surface area contributed by atoms with Crippen LogP contribution >= 0.6 is 0 Å². The van der Waals surface area contributed by atoms with E-state index in [4.69, 9.17) is 4.74 Å². The minimum Gasteiger partial charge on any atom is -0.445 e. The number of nitrogens with one attached hydrogen (secondary N) is 1. The second-order valence-electron chi connectivity index (χ2n) is 10.2. The fourth-order valence-corrected chi connectivity index (χ4v) is 6.85. The number of rotatable bonds is 5. The molecule has 5 aromatic rings. The van der Waals surface area contributed by atoms with E-state index in [-0.39, 0.29) is 34.3 Å². The molecule has 2 atom stereocenters. The average molecular weight is 544 g/mol. The van der Waals surface area contributed by atoms with Crippen molar-refractivity contribution in [3.8, 4) is 0 Å². The highest BCUT2D eigenvalue weighted by molar-refractivity contribution is 7.91. The SMILES string of the molecule is Cc1cccc(S(=O)(=O)c2c[nH]c3ncc4ncc(C5CN(C(=O)OCc6ccccc6)CCC5C)n4c23)c1. The number of aromatic nitrogens is 4. The molecule has 0 spiro atoms. The number of imidazole rings is 1. The summed E-state index contributed by atoms with van der Waals surface area (Å²) in [5.74, 6) is 0.162. The van der Waals surface area contributed by atoms with E-state index >= 15 is 0 Å². The van der Waals surface area contributed by atoms with Crippen molar-refractivity contribution >= 4 is 32.7 Å². The molecule has 1 amide bonds. The highest BCUT2D eigenvalue weighted by Crippen LogP contribution is 2.36. The van der Waals surface area contributed by atoms with Gasteiger partial charge >= 0.3 is 6.09 Å². The van der Waals surface area contributed by atoms with E-state index in [1.807, 2.05) is 47.7 Å². The number of fused-ring (bicyclic) bond motifs is 3. The van der Waals surface area contributed by atoms with Gasteiger partial charge in [0.15, 0.2) is 11.3 Å². The molecular weight excluding hydrogens is 514 g/mol. The lowest BCUT2D eigenvalue weighted by Gasteiger charge is -2.36. The Kier molecular flexibility index (Phi) is 6.34. The third kappa shape index (κ3) is 4.54. The van der Waals surface area contributed by atoms with Crippen LogP contribution < -0.4 is 0 Å². The topological polar surface area (TPSA) is 110 Å². The number of hydrogen-bond donors (Lipinski definition) is 1. The first-order valence-electron chi connectivity index (χ1n) is 12.9. The van der Waals surface area contributed by atoms with Crippen molar-refractivity contribution in [3.63, 3.8) is 0 Å². The molecule has 3 aromatic heterocycles. The number of ether oxygens (including phenoxy) is 1. The Morgan fingerprint density at radius 2 is 1.92 bits per heavy atom. The summed E-state index contributed by atoms with van der Waals surface area (Å²) in [6, 6.07) is 16.5. The molecule has 4 heterocycles. The van der Waals surface area contributed by atoms with Gasteiger partial charge in [0.2, 0.25) is 9.84 Å². The second-order valence-corrected chi connectivity index (χ2v) is 12.1. The van der Waals surface area contributed by atoms with Crippen LogP contribution in [0.25, 0.3) is 16.8 Å². The van der Waals surface area contributed by atoms with Crippen LogP contribution in [0, 0.1) is 12.8 Å². The van der Waals surface area contributed by atoms with E-state index in [0.29, 0.717) is 29.9 Å². The van der Waals surface area contributed by atoms with Gasteiger partial charge in [0.1, 0.15) is 17.0 Å². The van der Waals surface area contributed by atoms with Gasteiger partial charge in [0.05, 0.1) is 11.1 Å². The van der Waals surface area contributed by atoms with E-state index in [9.17, 15) is 13.2 Å². The number of sulfone groups is 1. The smallest absolute Gasteiger partial charge is 0.410 e. The Bertz CT molecular complexity index is 1780. The van der Waals surface area contributed by atoms with Crippen LogP contribution in [0.2, 0.25) is 0 Å². The summed E-state index contributed by atoms with van der Waals surface area (Å²) >= 11 is 0. The number of H-pyrrole nitrogens is 1. The molecule has 10 heteroatoms. The molecule has 1 saturated heterocycles. The van der Waals surface area contributed by atoms with Crippen LogP contribution in [0.1, 0.15) is 36.1 Å². The van der Waals surface area contributed by atoms with Gasteiger partial charge in [-0.15, -0.1) is 0 Å². The molecule has 0 radical (unpaired) electrons. The number of likely N-dealkylation sites (tertiary alicyclic amines) is 1. The summed E-state index contributed by atoms with van der Waals surface area (Å²) in [5.41, 5.74) is 4.09. The van der Waals surface area contributed by atoms with Crippen LogP contribution in [-0.2, 0) is 21.2 Å². The predicted molar refractivity (Wildman–Crippen MR) is 146 cm³/mol. The van der Waals surface area contributed by atoms with E-state index in [2.05, 4.69) is 21.9 Å². The summed E-state index contributed by atoms with van der Waals surface area (Å²) in [6.07, 6.45) is 5.32. The number of benzene rings is 2. The van der Waals surface area contributed by atoms with E-state index in [1.54, 1.807) is 35.5 Å². The Hall–Kier alpha value is -4.18. The molecule has 39 heavy (non-hydrogen) atoms. The van der Waals surface area contributed by atoms with E-state index in [1.165, 1.54) is 6.20 Å². The Labute approximate surface area is 226 Å². The summed E-state index contributed by atoms with van der Waals surface area (Å²) in [6.45, 7) is 5.26. The highest BCUT2D eigenvalue weighted by Gasteiger charge is 2.34. The fraction of sp³-hybridized carbons (Fsp3) is 0.276. The standard InChI is InChI=1S/C29H29N5O4S/c1-19-7-6-10-22(13-19)39(36,37)25-15-31-28-27(25)34-24(14-30-26(34)16-32-28)23-17-33(12-11-20(23)2)29(35)38-18-21-8-4-3-5-9-21/h3-10,13-16,20,23,31H,11-12,17-18H2,1-2H3. The molecule has 1 aliphatic heterocycles. The van der Waals surface area contributed by atoms with Crippen molar-refractivity contribution in [1.82, 2.24) is 24.3 Å². The molecule has 1 N–H and O–H groups in total. The zero-order valence-electron chi connectivity index (χ0n) is 21.7. The van der Waals surface area contributed by atoms with Crippen LogP contribution in [0.3, 0.4) is 0 Å². The first-order valence-corrected chi connectivity index (χ1v) is 14.4. The minimum atomic E-state index is -3.84. The lowest BCUT2D eigenvalue weighted by molar-refractivity contribution is 0.0777. The predicted octanol–water partition coefficient (Wildman–Crippen LogP) is 5.11. The number of piperidine rings is 1. The van der Waals surface area contributed by atoms with Crippen molar-refractivity contribution < 1.29 is 17.9 Å². The first kappa shape index (κ1) is 25.1. The fourth-order valence-electron chi connectivity index (χ4n) is 5.35. The Morgan fingerprint density at radius 3 is 2.72 bits per heavy atom. The molecule has 0 aliphatic carbocycles. The monoisotopic (exact) mass is 543 g/mol. The Morgan fingerprint density at radius 1 is 1.10 bits per heavy atom. The number of nitrogens with zero attached hydrogens (tertiary/aromatic N) is 4. The lowest BCUT2D eigenvalue weighted by Crippen LogP contribution is -2.42. The second kappa shape index (κ2) is 9.85. The molecule has 2 unspecified atom stereocenters. The van der Waals surface area contributed by atoms with Crippen LogP contribution in [0.5, 0.6) is 0 Å². The number of aryl methyl sites for hydroxylation is 1. The molecule has 6 rings (SSSR count). The van der Waals surface area contributed by atoms with Crippen molar-refractivity contribution in [2.45, 2.75) is 42.6 Å². The average Bonchev–Trinajstić information content (AvgIpc) is 3.57. The van der Waals surface area contributed by atoms with Crippen molar-refractivity contribution in [2.24, 2.45) is 5.92 Å². The zero-order chi connectivity index (χ0) is 27.1. The maximum atomic E-state index is 13.8. The summed E-state index contributed by atoms with van der Waals surface area (Å²) in [7, 11) is -3.84. The number of amides is 1. The van der Waals surface area contributed by atoms with Crippen molar-refractivity contribution in [1.29, 1.82) is 0 Å². The zero-order valence-corrected chi connectivity index (χ0v) is 22.6. The van der Waals surface area contributed by atoms with Gasteiger partial charge in [-0.25, -0.2) is 23.2 Å². The molecule has 0 saturated carbocycles. The summed E-state index contributed by atoms with van der Waals surface area (Å²) in [4.78, 5) is 27.1. The van der Waals surface area contributed by atoms with Crippen LogP contribution in [-0.4, -0.2) is 51.9 Å². The molecule has 200 valence electrons. The van der Waals surface area contributed by atoms with Gasteiger partial charge in [-0.05, 0) is 42.5 Å². The van der Waals surface area contributed by atoms with Gasteiger partial charge in [0.25, 0.3) is 0 Å². The normalized spacial score (nSPS) is 18.1. The summed E-state index contributed by atoms with van der Waals surface area (Å²) in [5, 5.41) is 0. The van der Waals surface area contributed by atoms with Gasteiger partial charge < -0.3 is 14.6 Å². The van der Waals surface area contributed by atoms with Gasteiger partial charge in [-0.2, -0.15) is 0 Å². The molecule has 1 aliphatic rings. The van der Waals surface area contributed by atoms with Crippen LogP contribution in [0.4, 0.5) is 4.79 Å². The third-order valence-corrected chi connectivity index (χ3v) is 9.30. The van der Waals surface area contributed by atoms with E-state index < -0.39 is 9.84 Å². The largest absolute Gasteiger partial charge is 0.445 e. The number of carbonyl (C=O) groups is 1. The van der Waals surface area contributed by atoms with Crippen molar-refractivity contribution in [3.05, 3.63) is 90.0 Å². The lowest BCUT2D eigenvalue weighted by atomic mass is 9.85. The van der Waals surface area contributed by atoms with Gasteiger partial charge in [-0.3, -0.25) is 4.40 Å². The molecule has 0 bridgehead atoms. The van der Waals surface area contributed by atoms with Gasteiger partial charge in [0, 0.05) is 37.1 Å². The molecular formula is C29H29N5O4S. The third-order valence-electron chi connectivity index (χ3n) is 7.54. The number of carbonyl (C=O) groups excluding carboxylic acids is 1. The summed E-state index contributed by atoms with van der Waals surface area (Å²) < 4.78 is 35.0. The van der Waals surface area contributed by atoms with Crippen LogP contribution in [0.15, 0.2) is 83.0 Å². The van der Waals surface area contributed by atoms with Gasteiger partial charge in [-0.1, -0.05) is 49.4 Å². The maximum absolute atomic E-state index is 13.8. The number of aromatic amines is 1. The quantitative estimate of drug-likeness (QED) is 0.330. The molecule has 2 aromatic carbocycles. The number of hydrogen-bond acceptors (Lipinski definition) is 6. The van der Waals surface area contributed by atoms with Crippen molar-refractivity contribution in [2.75, 3.05) is 13.1 Å². The first-order chi connectivity index (χ1) is 18.8. The maximum Gasteiger partial charge on any atom is 0.410 e. The molecule has 9 nitrogen and oxygen atoms in total. The Balaban J connectivity index is 1.37. The molecule has 1 fully saturated rings. The highest BCUT2D eigenvalue weighted by atomic mass is 32.2.